The third kappa shape index (κ3) is 6.10. The first-order valence-corrected chi connectivity index (χ1v) is 4.66. The molecule has 0 amide bonds. The maximum Gasteiger partial charge on any atom is 0.322 e. The van der Waals surface area contributed by atoms with E-state index >= 15 is 0 Å². The van der Waals surface area contributed by atoms with Gasteiger partial charge in [-0.05, 0) is 0 Å². The van der Waals surface area contributed by atoms with Crippen molar-refractivity contribution in [2.45, 2.75) is 6.92 Å². The van der Waals surface area contributed by atoms with Gasteiger partial charge in [-0.15, -0.1) is 4.98 Å². The lowest BCUT2D eigenvalue weighted by Crippen LogP contribution is -2.04. The lowest BCUT2D eigenvalue weighted by atomic mass is 10.2. The minimum atomic E-state index is 0.0463. The molecule has 0 atom stereocenters. The SMILES string of the molecule is CC(CO)CO.COc1ncnc(OC)n1. The van der Waals surface area contributed by atoms with E-state index in [-0.39, 0.29) is 31.2 Å². The van der Waals surface area contributed by atoms with Crippen LogP contribution < -0.4 is 9.47 Å². The Kier molecular flexibility index (Phi) is 8.00. The van der Waals surface area contributed by atoms with Gasteiger partial charge in [0.05, 0.1) is 14.2 Å². The molecule has 0 saturated carbocycles. The van der Waals surface area contributed by atoms with Gasteiger partial charge >= 0.3 is 12.0 Å². The monoisotopic (exact) mass is 231 g/mol. The Bertz CT molecular complexity index is 262. The summed E-state index contributed by atoms with van der Waals surface area (Å²) < 4.78 is 9.43. The molecule has 7 heteroatoms. The van der Waals surface area contributed by atoms with Gasteiger partial charge in [-0.1, -0.05) is 6.92 Å². The Hall–Kier alpha value is -1.47. The van der Waals surface area contributed by atoms with Crippen LogP contribution in [0.2, 0.25) is 0 Å². The van der Waals surface area contributed by atoms with Gasteiger partial charge in [-0.2, -0.15) is 9.97 Å². The Morgan fingerprint density at radius 2 is 1.56 bits per heavy atom. The van der Waals surface area contributed by atoms with E-state index < -0.39 is 0 Å². The average Bonchev–Trinajstić information content (AvgIpc) is 2.38. The molecule has 0 saturated heterocycles. The number of nitrogens with zero attached hydrogens (tertiary/aromatic N) is 3. The van der Waals surface area contributed by atoms with E-state index in [9.17, 15) is 0 Å². The first kappa shape index (κ1) is 14.5. The summed E-state index contributed by atoms with van der Waals surface area (Å²) in [6, 6.07) is 0.513. The molecule has 1 rings (SSSR count). The molecule has 1 heterocycles. The fourth-order valence-electron chi connectivity index (χ4n) is 0.522. The van der Waals surface area contributed by atoms with Gasteiger partial charge in [-0.25, -0.2) is 0 Å². The molecule has 0 aliphatic carbocycles. The highest BCUT2D eigenvalue weighted by atomic mass is 16.5. The van der Waals surface area contributed by atoms with Gasteiger partial charge in [-0.3, -0.25) is 0 Å². The molecule has 7 nitrogen and oxygen atoms in total. The predicted octanol–water partition coefficient (Wildman–Crippen LogP) is -0.504. The van der Waals surface area contributed by atoms with Crippen molar-refractivity contribution in [3.63, 3.8) is 0 Å². The molecule has 0 aliphatic heterocycles. The minimum absolute atomic E-state index is 0.0463. The molecule has 1 aromatic heterocycles. The second-order valence-corrected chi connectivity index (χ2v) is 2.93. The van der Waals surface area contributed by atoms with Gasteiger partial charge in [0.15, 0.2) is 0 Å². The normalized spacial score (nSPS) is 9.38. The van der Waals surface area contributed by atoms with E-state index in [4.69, 9.17) is 19.7 Å². The van der Waals surface area contributed by atoms with E-state index in [1.807, 2.05) is 0 Å². The molecular formula is C9H17N3O4. The van der Waals surface area contributed by atoms with Crippen LogP contribution in [-0.2, 0) is 0 Å². The van der Waals surface area contributed by atoms with Gasteiger partial charge < -0.3 is 19.7 Å². The van der Waals surface area contributed by atoms with Crippen LogP contribution in [0.5, 0.6) is 12.0 Å². The van der Waals surface area contributed by atoms with Crippen molar-refractivity contribution in [1.29, 1.82) is 0 Å². The van der Waals surface area contributed by atoms with Crippen molar-refractivity contribution in [3.05, 3.63) is 6.33 Å². The third-order valence-electron chi connectivity index (χ3n) is 1.52. The van der Waals surface area contributed by atoms with Crippen LogP contribution in [0.4, 0.5) is 0 Å². The fourth-order valence-corrected chi connectivity index (χ4v) is 0.522. The number of hydrogen-bond donors (Lipinski definition) is 2. The second kappa shape index (κ2) is 8.81. The first-order valence-electron chi connectivity index (χ1n) is 4.66. The maximum absolute atomic E-state index is 8.17. The summed E-state index contributed by atoms with van der Waals surface area (Å²) in [5, 5.41) is 16.3. The molecule has 0 unspecified atom stereocenters. The summed E-state index contributed by atoms with van der Waals surface area (Å²) in [5.74, 6) is 0.0463. The third-order valence-corrected chi connectivity index (χ3v) is 1.52. The van der Waals surface area contributed by atoms with Gasteiger partial charge in [0.1, 0.15) is 6.33 Å². The average molecular weight is 231 g/mol. The van der Waals surface area contributed by atoms with Crippen LogP contribution in [0, 0.1) is 5.92 Å². The largest absolute Gasteiger partial charge is 0.467 e. The van der Waals surface area contributed by atoms with Gasteiger partial charge in [0.2, 0.25) is 0 Å². The Balaban J connectivity index is 0.000000325. The summed E-state index contributed by atoms with van der Waals surface area (Å²) >= 11 is 0. The molecule has 1 aromatic rings. The molecule has 2 N–H and O–H groups in total. The number of hydrogen-bond acceptors (Lipinski definition) is 7. The van der Waals surface area contributed by atoms with Crippen LogP contribution in [0.25, 0.3) is 0 Å². The number of rotatable bonds is 4. The number of methoxy groups -OCH3 is 2. The maximum atomic E-state index is 8.17. The lowest BCUT2D eigenvalue weighted by Gasteiger charge is -1.97. The number of aromatic nitrogens is 3. The molecule has 16 heavy (non-hydrogen) atoms. The Morgan fingerprint density at radius 3 is 1.81 bits per heavy atom. The van der Waals surface area contributed by atoms with E-state index in [0.717, 1.165) is 0 Å². The Morgan fingerprint density at radius 1 is 1.12 bits per heavy atom. The van der Waals surface area contributed by atoms with Crippen molar-refractivity contribution >= 4 is 0 Å². The quantitative estimate of drug-likeness (QED) is 0.720. The predicted molar refractivity (Wildman–Crippen MR) is 56.3 cm³/mol. The molecule has 0 spiro atoms. The standard InChI is InChI=1S/C5H7N3O2.C4H10O2/c1-9-4-6-3-7-5(8-4)10-2;1-4(2-5)3-6/h3H,1-2H3;4-6H,2-3H2,1H3. The summed E-state index contributed by atoms with van der Waals surface area (Å²) in [6.07, 6.45) is 1.32. The van der Waals surface area contributed by atoms with Crippen LogP contribution in [0.1, 0.15) is 6.92 Å². The molecule has 0 aromatic carbocycles. The van der Waals surface area contributed by atoms with E-state index in [0.29, 0.717) is 0 Å². The molecule has 0 radical (unpaired) electrons. The van der Waals surface area contributed by atoms with Crippen molar-refractivity contribution in [3.8, 4) is 12.0 Å². The summed E-state index contributed by atoms with van der Waals surface area (Å²) in [7, 11) is 2.96. The topological polar surface area (TPSA) is 97.6 Å². The molecular weight excluding hydrogens is 214 g/mol. The van der Waals surface area contributed by atoms with Crippen LogP contribution in [-0.4, -0.2) is 52.6 Å². The zero-order valence-corrected chi connectivity index (χ0v) is 9.62. The number of ether oxygens (including phenoxy) is 2. The molecule has 92 valence electrons. The lowest BCUT2D eigenvalue weighted by molar-refractivity contribution is 0.162. The van der Waals surface area contributed by atoms with Crippen molar-refractivity contribution in [2.75, 3.05) is 27.4 Å². The van der Waals surface area contributed by atoms with Crippen LogP contribution in [0.3, 0.4) is 0 Å². The van der Waals surface area contributed by atoms with Crippen molar-refractivity contribution < 1.29 is 19.7 Å². The highest BCUT2D eigenvalue weighted by Gasteiger charge is 1.96. The summed E-state index contributed by atoms with van der Waals surface area (Å²) in [4.78, 5) is 11.1. The fraction of sp³-hybridized carbons (Fsp3) is 0.667. The van der Waals surface area contributed by atoms with Crippen molar-refractivity contribution in [1.82, 2.24) is 15.0 Å². The first-order chi connectivity index (χ1) is 7.67. The summed E-state index contributed by atoms with van der Waals surface area (Å²) in [6.45, 7) is 1.94. The molecule has 0 fully saturated rings. The van der Waals surface area contributed by atoms with E-state index in [1.165, 1.54) is 20.5 Å². The smallest absolute Gasteiger partial charge is 0.322 e. The van der Waals surface area contributed by atoms with E-state index in [1.54, 1.807) is 6.92 Å². The minimum Gasteiger partial charge on any atom is -0.467 e. The zero-order valence-electron chi connectivity index (χ0n) is 9.62. The Labute approximate surface area is 94.1 Å². The highest BCUT2D eigenvalue weighted by Crippen LogP contribution is 2.03. The van der Waals surface area contributed by atoms with Gasteiger partial charge in [0.25, 0.3) is 0 Å². The number of aliphatic hydroxyl groups is 2. The van der Waals surface area contributed by atoms with Crippen molar-refractivity contribution in [2.24, 2.45) is 5.92 Å². The number of aliphatic hydroxyl groups excluding tert-OH is 2. The van der Waals surface area contributed by atoms with Crippen LogP contribution in [0.15, 0.2) is 6.33 Å². The van der Waals surface area contributed by atoms with Crippen LogP contribution >= 0.6 is 0 Å². The van der Waals surface area contributed by atoms with E-state index in [2.05, 4.69) is 15.0 Å². The highest BCUT2D eigenvalue weighted by molar-refractivity contribution is 4.98. The zero-order chi connectivity index (χ0) is 12.4. The summed E-state index contributed by atoms with van der Waals surface area (Å²) in [5.41, 5.74) is 0. The molecule has 0 bridgehead atoms. The second-order valence-electron chi connectivity index (χ2n) is 2.93. The molecule has 0 aliphatic rings. The van der Waals surface area contributed by atoms with Gasteiger partial charge in [0, 0.05) is 19.1 Å².